The quantitative estimate of drug-likeness (QED) is 0.136. The number of nitrogens with zero attached hydrogens (tertiary/aromatic N) is 3. The smallest absolute Gasteiger partial charge is 0.306 e. The van der Waals surface area contributed by atoms with Crippen molar-refractivity contribution < 1.29 is 19.0 Å². The highest BCUT2D eigenvalue weighted by molar-refractivity contribution is 5.69. The minimum absolute atomic E-state index is 0. The second-order valence-corrected chi connectivity index (χ2v) is 20.0. The van der Waals surface area contributed by atoms with E-state index >= 15 is 0 Å². The summed E-state index contributed by atoms with van der Waals surface area (Å²) < 4.78 is 14.8. The van der Waals surface area contributed by atoms with Crippen molar-refractivity contribution in [2.75, 3.05) is 92.4 Å². The maximum atomic E-state index is 10.6. The van der Waals surface area contributed by atoms with E-state index in [9.17, 15) is 4.79 Å². The molecule has 0 unspecified atom stereocenters. The van der Waals surface area contributed by atoms with Crippen LogP contribution in [0.1, 0.15) is 209 Å². The third-order valence-electron chi connectivity index (χ3n) is 10.6. The molecule has 4 rings (SSSR count). The fourth-order valence-corrected chi connectivity index (χ4v) is 6.72. The average Bonchev–Trinajstić information content (AvgIpc) is 3.72. The first kappa shape index (κ1) is 77.7. The van der Waals surface area contributed by atoms with Gasteiger partial charge < -0.3 is 24.0 Å². The largest absolute Gasteiger partial charge is 0.466 e. The number of hydrogen-bond acceptors (Lipinski definition) is 7. The third kappa shape index (κ3) is 58.6. The van der Waals surface area contributed by atoms with Crippen LogP contribution in [-0.2, 0) is 25.4 Å². The molecule has 1 aromatic rings. The molecule has 7 nitrogen and oxygen atoms in total. The van der Waals surface area contributed by atoms with Gasteiger partial charge in [0.05, 0.1) is 19.8 Å². The van der Waals surface area contributed by atoms with Crippen LogP contribution in [0.5, 0.6) is 0 Å². The Kier molecular flexibility index (Phi) is 63.9. The number of likely N-dealkylation sites (tertiary alicyclic amines) is 2. The lowest BCUT2D eigenvalue weighted by atomic mass is 10.0. The van der Waals surface area contributed by atoms with Gasteiger partial charge in [-0.15, -0.1) is 0 Å². The summed E-state index contributed by atoms with van der Waals surface area (Å²) in [6.07, 6.45) is 15.6. The van der Waals surface area contributed by atoms with Gasteiger partial charge in [-0.2, -0.15) is 0 Å². The predicted molar refractivity (Wildman–Crippen MR) is 297 cm³/mol. The Morgan fingerprint density at radius 3 is 1.34 bits per heavy atom. The van der Waals surface area contributed by atoms with E-state index in [0.29, 0.717) is 18.9 Å². The van der Waals surface area contributed by atoms with E-state index in [1.807, 2.05) is 20.8 Å². The Bertz CT molecular complexity index is 1030. The number of piperidine rings is 1. The predicted octanol–water partition coefficient (Wildman–Crippen LogP) is 16.1. The van der Waals surface area contributed by atoms with Crippen molar-refractivity contribution in [3.8, 4) is 0 Å². The Labute approximate surface area is 412 Å². The molecule has 3 saturated heterocycles. The lowest BCUT2D eigenvalue weighted by Gasteiger charge is -2.26. The molecule has 3 fully saturated rings. The van der Waals surface area contributed by atoms with Crippen LogP contribution in [-0.4, -0.2) is 113 Å². The second kappa shape index (κ2) is 53.4. The molecule has 65 heavy (non-hydrogen) atoms. The van der Waals surface area contributed by atoms with Crippen LogP contribution in [0.25, 0.3) is 0 Å². The summed E-state index contributed by atoms with van der Waals surface area (Å²) >= 11 is 0. The summed E-state index contributed by atoms with van der Waals surface area (Å²) in [4.78, 5) is 18.3. The molecule has 7 heteroatoms. The highest BCUT2D eigenvalue weighted by Crippen LogP contribution is 2.12. The van der Waals surface area contributed by atoms with Gasteiger partial charge in [0.1, 0.15) is 0 Å². The first-order valence-electron chi connectivity index (χ1n) is 24.9. The lowest BCUT2D eigenvalue weighted by molar-refractivity contribution is -0.143. The zero-order valence-electron chi connectivity index (χ0n) is 42.9. The van der Waals surface area contributed by atoms with Crippen LogP contribution in [0.4, 0.5) is 0 Å². The molecule has 0 saturated carbocycles. The fraction of sp³-hybridized carbons (Fsp3) is 0.879. The molecule has 396 valence electrons. The van der Waals surface area contributed by atoms with E-state index in [1.165, 1.54) is 128 Å². The molecule has 0 radical (unpaired) electrons. The maximum absolute atomic E-state index is 10.6. The second-order valence-electron chi connectivity index (χ2n) is 20.0. The number of carbonyl (C=O) groups excluding carboxylic acids is 1. The number of morpholine rings is 1. The number of rotatable bonds is 18. The summed E-state index contributed by atoms with van der Waals surface area (Å²) in [6.45, 7) is 45.5. The number of aryl methyl sites for hydroxylation is 1. The van der Waals surface area contributed by atoms with Crippen molar-refractivity contribution in [1.82, 2.24) is 14.7 Å². The first-order chi connectivity index (χ1) is 28.5. The van der Waals surface area contributed by atoms with Crippen molar-refractivity contribution in [2.24, 2.45) is 35.5 Å². The number of methoxy groups -OCH3 is 1. The normalized spacial score (nSPS) is 14.7. The number of carbonyl (C=O) groups is 1. The highest BCUT2D eigenvalue weighted by atomic mass is 16.5. The SMILES string of the molecule is C.C.C.C.C.CC(C)CCCN1CCCCC1.CC(C)CCN1CCCC1.CC(C)CCN1CCOCC1.CCOC(=O)CC(C)C.COCCC(C)C.Cc1ccc(CC(C)C)cc1. The van der Waals surface area contributed by atoms with Crippen molar-refractivity contribution in [2.45, 2.75) is 211 Å². The molecule has 0 atom stereocenters. The van der Waals surface area contributed by atoms with Gasteiger partial charge in [0.15, 0.2) is 0 Å². The fourth-order valence-electron chi connectivity index (χ4n) is 6.72. The molecule has 3 aliphatic heterocycles. The van der Waals surface area contributed by atoms with Crippen LogP contribution in [0.2, 0.25) is 0 Å². The van der Waals surface area contributed by atoms with Crippen molar-refractivity contribution in [3.63, 3.8) is 0 Å². The van der Waals surface area contributed by atoms with Crippen LogP contribution in [0.15, 0.2) is 24.3 Å². The topological polar surface area (TPSA) is 54.5 Å². The van der Waals surface area contributed by atoms with E-state index in [4.69, 9.17) is 14.2 Å². The van der Waals surface area contributed by atoms with E-state index in [1.54, 1.807) is 7.11 Å². The van der Waals surface area contributed by atoms with E-state index in [0.717, 1.165) is 62.5 Å². The van der Waals surface area contributed by atoms with Crippen LogP contribution < -0.4 is 0 Å². The summed E-state index contributed by atoms with van der Waals surface area (Å²) in [5.74, 6) is 4.45. The first-order valence-corrected chi connectivity index (χ1v) is 24.9. The zero-order chi connectivity index (χ0) is 45.6. The molecule has 3 heterocycles. The summed E-state index contributed by atoms with van der Waals surface area (Å²) in [7, 11) is 1.74. The molecule has 0 aromatic heterocycles. The average molecular weight is 929 g/mol. The maximum Gasteiger partial charge on any atom is 0.306 e. The number of esters is 1. The van der Waals surface area contributed by atoms with Gasteiger partial charge in [-0.25, -0.2) is 0 Å². The monoisotopic (exact) mass is 928 g/mol. The Morgan fingerprint density at radius 1 is 0.554 bits per heavy atom. The van der Waals surface area contributed by atoms with Gasteiger partial charge in [-0.1, -0.05) is 156 Å². The Hall–Kier alpha value is -1.51. The van der Waals surface area contributed by atoms with Gasteiger partial charge in [-0.05, 0) is 165 Å². The highest BCUT2D eigenvalue weighted by Gasteiger charge is 2.12. The van der Waals surface area contributed by atoms with Gasteiger partial charge in [0.2, 0.25) is 0 Å². The summed E-state index contributed by atoms with van der Waals surface area (Å²) in [5.41, 5.74) is 2.79. The van der Waals surface area contributed by atoms with Gasteiger partial charge in [0.25, 0.3) is 0 Å². The molecule has 0 amide bonds. The van der Waals surface area contributed by atoms with Crippen molar-refractivity contribution in [3.05, 3.63) is 35.4 Å². The molecular formula is C58H125N3O4. The minimum Gasteiger partial charge on any atom is -0.466 e. The number of ether oxygens (including phenoxy) is 3. The summed E-state index contributed by atoms with van der Waals surface area (Å²) in [5, 5.41) is 0. The lowest BCUT2D eigenvalue weighted by Crippen LogP contribution is -2.37. The van der Waals surface area contributed by atoms with E-state index < -0.39 is 0 Å². The van der Waals surface area contributed by atoms with Gasteiger partial charge >= 0.3 is 5.97 Å². The van der Waals surface area contributed by atoms with E-state index in [2.05, 4.69) is 115 Å². The molecule has 1 aromatic carbocycles. The summed E-state index contributed by atoms with van der Waals surface area (Å²) in [6, 6.07) is 8.79. The third-order valence-corrected chi connectivity index (χ3v) is 10.6. The minimum atomic E-state index is -0.0903. The van der Waals surface area contributed by atoms with E-state index in [-0.39, 0.29) is 43.1 Å². The molecule has 3 aliphatic rings. The van der Waals surface area contributed by atoms with Crippen molar-refractivity contribution in [1.29, 1.82) is 0 Å². The van der Waals surface area contributed by atoms with Crippen molar-refractivity contribution >= 4 is 5.97 Å². The Morgan fingerprint density at radius 2 is 0.969 bits per heavy atom. The number of benzene rings is 1. The number of hydrogen-bond donors (Lipinski definition) is 0. The van der Waals surface area contributed by atoms with Gasteiger partial charge in [-0.3, -0.25) is 9.69 Å². The molecule has 0 N–H and O–H groups in total. The molecule has 0 aliphatic carbocycles. The van der Waals surface area contributed by atoms with Crippen LogP contribution in [0, 0.1) is 42.4 Å². The molecule has 0 spiro atoms. The zero-order valence-corrected chi connectivity index (χ0v) is 42.9. The Balaban J connectivity index is -0.000000123. The standard InChI is InChI=1S/C11H23N.C11H16.C9H19NO.C9H19N.C7H14O2.C6H14O.5CH4/c1-11(2)7-6-10-12-8-4-3-5-9-12;1-9(2)8-11-6-4-10(3)5-7-11;1-9(2)3-4-10-5-7-11-8-6-10;1-9(2)5-8-10-6-3-4-7-10;1-4-9-7(8)5-6(2)3;1-6(2)4-5-7-3;;;;;/h11H,3-10H2,1-2H3;4-7,9H,8H2,1-3H3;9H,3-8H2,1-2H3;9H,3-8H2,1-2H3;6H,4-5H2,1-3H3;6H,4-5H2,1-3H3;5*1H4. The van der Waals surface area contributed by atoms with Crippen LogP contribution >= 0.6 is 0 Å². The molecule has 0 bridgehead atoms. The van der Waals surface area contributed by atoms with Gasteiger partial charge in [0, 0.05) is 33.2 Å². The molecular weight excluding hydrogens is 803 g/mol. The van der Waals surface area contributed by atoms with Crippen LogP contribution in [0.3, 0.4) is 0 Å².